The van der Waals surface area contributed by atoms with E-state index in [0.29, 0.717) is 11.3 Å². The molecule has 51 heavy (non-hydrogen) atoms. The first kappa shape index (κ1) is 38.1. The lowest BCUT2D eigenvalue weighted by Gasteiger charge is -2.27. The van der Waals surface area contributed by atoms with Crippen LogP contribution < -0.4 is 27.0 Å². The summed E-state index contributed by atoms with van der Waals surface area (Å²) in [6.07, 6.45) is 2.87. The lowest BCUT2D eigenvalue weighted by molar-refractivity contribution is -0.145. The number of carbonyl (C=O) groups is 5. The molecule has 4 rings (SSSR count). The molecule has 0 bridgehead atoms. The van der Waals surface area contributed by atoms with Gasteiger partial charge in [-0.2, -0.15) is 0 Å². The Kier molecular flexibility index (Phi) is 12.9. The number of rotatable bonds is 17. The predicted octanol–water partition coefficient (Wildman–Crippen LogP) is 0.0124. The fraction of sp³-hybridized carbons (Fsp3) is 0.371. The summed E-state index contributed by atoms with van der Waals surface area (Å²) in [5.74, 6) is -4.73. The van der Waals surface area contributed by atoms with Gasteiger partial charge in [-0.05, 0) is 42.2 Å². The number of H-pyrrole nitrogens is 2. The minimum absolute atomic E-state index is 0.0193. The van der Waals surface area contributed by atoms with E-state index in [0.717, 1.165) is 16.5 Å². The third-order valence-electron chi connectivity index (χ3n) is 8.42. The number of phenols is 1. The van der Waals surface area contributed by atoms with E-state index in [4.69, 9.17) is 5.73 Å². The molecule has 4 amide bonds. The predicted molar refractivity (Wildman–Crippen MR) is 186 cm³/mol. The van der Waals surface area contributed by atoms with Crippen molar-refractivity contribution in [2.24, 2.45) is 11.7 Å². The number of nitrogens with two attached hydrogens (primary N) is 1. The second kappa shape index (κ2) is 17.3. The highest BCUT2D eigenvalue weighted by atomic mass is 16.4. The van der Waals surface area contributed by atoms with Gasteiger partial charge in [0.15, 0.2) is 6.04 Å². The Bertz CT molecular complexity index is 1810. The van der Waals surface area contributed by atoms with Crippen LogP contribution in [-0.4, -0.2) is 96.2 Å². The number of carboxylic acids is 1. The number of fused-ring (bicyclic) bond motifs is 1. The van der Waals surface area contributed by atoms with Gasteiger partial charge >= 0.3 is 5.97 Å². The maximum Gasteiger partial charge on any atom is 0.328 e. The van der Waals surface area contributed by atoms with E-state index in [9.17, 15) is 39.3 Å². The van der Waals surface area contributed by atoms with Crippen molar-refractivity contribution >= 4 is 40.5 Å². The quantitative estimate of drug-likeness (QED) is 0.0704. The van der Waals surface area contributed by atoms with Crippen molar-refractivity contribution in [3.63, 3.8) is 0 Å². The van der Waals surface area contributed by atoms with E-state index >= 15 is 0 Å². The molecule has 16 nitrogen and oxygen atoms in total. The number of nitrogens with one attached hydrogen (secondary N) is 6. The Balaban J connectivity index is 1.64. The van der Waals surface area contributed by atoms with Crippen LogP contribution in [0.25, 0.3) is 10.9 Å². The van der Waals surface area contributed by atoms with Gasteiger partial charge in [-0.25, -0.2) is 9.78 Å². The number of hydrogen-bond donors (Lipinski definition) is 10. The maximum atomic E-state index is 14.1. The molecule has 11 N–H and O–H groups in total. The topological polar surface area (TPSA) is 265 Å². The number of amides is 4. The van der Waals surface area contributed by atoms with E-state index in [1.165, 1.54) is 31.6 Å². The van der Waals surface area contributed by atoms with Crippen LogP contribution in [0.2, 0.25) is 0 Å². The first-order chi connectivity index (χ1) is 24.2. The molecule has 6 atom stereocenters. The van der Waals surface area contributed by atoms with Gasteiger partial charge in [0.05, 0.1) is 18.5 Å². The smallest absolute Gasteiger partial charge is 0.328 e. The van der Waals surface area contributed by atoms with Crippen molar-refractivity contribution in [2.75, 3.05) is 0 Å². The summed E-state index contributed by atoms with van der Waals surface area (Å²) in [6, 6.07) is 6.92. The number of hydrogen-bond acceptors (Lipinski definition) is 9. The van der Waals surface area contributed by atoms with Crippen LogP contribution in [-0.2, 0) is 43.2 Å². The van der Waals surface area contributed by atoms with Crippen LogP contribution in [0.15, 0.2) is 67.3 Å². The molecule has 0 aliphatic heterocycles. The Morgan fingerprint density at radius 2 is 1.37 bits per heavy atom. The highest BCUT2D eigenvalue weighted by molar-refractivity contribution is 5.96. The lowest BCUT2D eigenvalue weighted by atomic mass is 10.00. The number of phenolic OH excluding ortho intramolecular Hbond substituents is 1. The number of aliphatic hydroxyl groups excluding tert-OH is 1. The molecule has 0 radical (unpaired) electrons. The van der Waals surface area contributed by atoms with Crippen molar-refractivity contribution in [1.82, 2.24) is 36.2 Å². The zero-order chi connectivity index (χ0) is 37.2. The van der Waals surface area contributed by atoms with Crippen molar-refractivity contribution in [1.29, 1.82) is 0 Å². The van der Waals surface area contributed by atoms with Gasteiger partial charge in [-0.1, -0.05) is 44.2 Å². The van der Waals surface area contributed by atoms with Crippen LogP contribution in [0.4, 0.5) is 0 Å². The number of aromatic hydroxyl groups is 1. The van der Waals surface area contributed by atoms with E-state index in [2.05, 4.69) is 36.2 Å². The summed E-state index contributed by atoms with van der Waals surface area (Å²) in [7, 11) is 0. The minimum atomic E-state index is -1.67. The van der Waals surface area contributed by atoms with Gasteiger partial charge in [0.25, 0.3) is 0 Å². The maximum absolute atomic E-state index is 14.1. The van der Waals surface area contributed by atoms with Crippen LogP contribution in [0.5, 0.6) is 5.75 Å². The molecule has 2 aromatic carbocycles. The summed E-state index contributed by atoms with van der Waals surface area (Å²) in [4.78, 5) is 76.3. The number of para-hydroxylation sites is 1. The second-order valence-corrected chi connectivity index (χ2v) is 12.7. The second-order valence-electron chi connectivity index (χ2n) is 12.7. The van der Waals surface area contributed by atoms with Crippen molar-refractivity contribution in [3.05, 3.63) is 84.1 Å². The minimum Gasteiger partial charge on any atom is -0.508 e. The average Bonchev–Trinajstić information content (AvgIpc) is 3.76. The van der Waals surface area contributed by atoms with Gasteiger partial charge in [-0.15, -0.1) is 0 Å². The van der Waals surface area contributed by atoms with Gasteiger partial charge in [0.2, 0.25) is 23.6 Å². The summed E-state index contributed by atoms with van der Waals surface area (Å²) >= 11 is 0. The number of nitrogens with zero attached hydrogens (tertiary/aromatic N) is 1. The Morgan fingerprint density at radius 1 is 0.784 bits per heavy atom. The van der Waals surface area contributed by atoms with Gasteiger partial charge in [-0.3, -0.25) is 19.2 Å². The third kappa shape index (κ3) is 10.4. The van der Waals surface area contributed by atoms with Crippen LogP contribution in [0, 0.1) is 5.92 Å². The Morgan fingerprint density at radius 3 is 1.96 bits per heavy atom. The standard InChI is InChI=1S/C35H44N8O8/c1-18(2)29(36)34(49)42-27(13-21-15-38-25-7-5-4-6-24(21)25)32(47)40-26(12-20-8-10-23(45)11-9-20)31(46)41-28(14-22-16-37-17-39-22)33(48)43-30(19(3)44)35(50)51/h4-11,15-19,26-30,38,44-45H,12-14,36H2,1-3H3,(H,37,39)(H,40,47)(H,41,46)(H,42,49)(H,43,48)(H,50,51)/t19-,26+,27+,28+,29+,30+/m1/s1. The molecule has 16 heteroatoms. The average molecular weight is 705 g/mol. The summed E-state index contributed by atoms with van der Waals surface area (Å²) < 4.78 is 0. The molecule has 0 spiro atoms. The fourth-order valence-corrected chi connectivity index (χ4v) is 5.39. The molecule has 2 aromatic heterocycles. The Hall–Kier alpha value is -5.74. The normalized spacial score (nSPS) is 14.9. The number of imidazole rings is 1. The number of benzene rings is 2. The van der Waals surface area contributed by atoms with Crippen molar-refractivity contribution in [3.8, 4) is 5.75 Å². The number of carboxylic acid groups (broad SMARTS) is 1. The van der Waals surface area contributed by atoms with Gasteiger partial charge < -0.3 is 52.3 Å². The molecular weight excluding hydrogens is 660 g/mol. The van der Waals surface area contributed by atoms with Crippen molar-refractivity contribution < 1.29 is 39.3 Å². The zero-order valence-corrected chi connectivity index (χ0v) is 28.4. The fourth-order valence-electron chi connectivity index (χ4n) is 5.39. The third-order valence-corrected chi connectivity index (χ3v) is 8.42. The summed E-state index contributed by atoms with van der Waals surface area (Å²) in [5, 5.41) is 40.5. The van der Waals surface area contributed by atoms with Gasteiger partial charge in [0.1, 0.15) is 23.9 Å². The molecule has 0 saturated carbocycles. The molecule has 0 aliphatic carbocycles. The molecule has 0 fully saturated rings. The summed E-state index contributed by atoms with van der Waals surface area (Å²) in [5.41, 5.74) is 8.64. The molecular formula is C35H44N8O8. The Labute approximate surface area is 293 Å². The zero-order valence-electron chi connectivity index (χ0n) is 28.4. The van der Waals surface area contributed by atoms with Crippen LogP contribution in [0.3, 0.4) is 0 Å². The molecule has 2 heterocycles. The SMILES string of the molecule is CC(C)[C@H](N)C(=O)N[C@@H](Cc1c[nH]c2ccccc12)C(=O)N[C@@H](Cc1ccc(O)cc1)C(=O)N[C@@H](Cc1cnc[nH]1)C(=O)N[C@H](C(=O)O)[C@@H](C)O. The first-order valence-corrected chi connectivity index (χ1v) is 16.4. The highest BCUT2D eigenvalue weighted by Crippen LogP contribution is 2.20. The molecule has 272 valence electrons. The van der Waals surface area contributed by atoms with E-state index < -0.39 is 65.9 Å². The van der Waals surface area contributed by atoms with Crippen molar-refractivity contribution in [2.45, 2.75) is 76.3 Å². The number of carbonyl (C=O) groups excluding carboxylic acids is 4. The summed E-state index contributed by atoms with van der Waals surface area (Å²) in [6.45, 7) is 4.74. The van der Waals surface area contributed by atoms with Crippen LogP contribution >= 0.6 is 0 Å². The number of aromatic amines is 2. The van der Waals surface area contributed by atoms with Crippen LogP contribution in [0.1, 0.15) is 37.6 Å². The molecule has 4 aromatic rings. The molecule has 0 unspecified atom stereocenters. The van der Waals surface area contributed by atoms with E-state index in [-0.39, 0.29) is 30.9 Å². The van der Waals surface area contributed by atoms with E-state index in [1.807, 2.05) is 24.3 Å². The molecule has 0 saturated heterocycles. The first-order valence-electron chi connectivity index (χ1n) is 16.4. The molecule has 0 aliphatic rings. The lowest BCUT2D eigenvalue weighted by Crippen LogP contribution is -2.60. The number of aromatic nitrogens is 3. The number of aliphatic hydroxyl groups is 1. The monoisotopic (exact) mass is 704 g/mol. The highest BCUT2D eigenvalue weighted by Gasteiger charge is 2.34. The van der Waals surface area contributed by atoms with Gasteiger partial charge in [0, 0.05) is 48.3 Å². The number of aliphatic carboxylic acids is 1. The largest absolute Gasteiger partial charge is 0.508 e. The van der Waals surface area contributed by atoms with E-state index in [1.54, 1.807) is 32.2 Å².